The fraction of sp³-hybridized carbons (Fsp3) is 0.541. The van der Waals surface area contributed by atoms with E-state index in [0.29, 0.717) is 44.7 Å². The highest BCUT2D eigenvalue weighted by molar-refractivity contribution is 5.99. The van der Waals surface area contributed by atoms with Gasteiger partial charge in [-0.25, -0.2) is 4.39 Å². The molecule has 13 heteroatoms. The first-order valence-corrected chi connectivity index (χ1v) is 17.4. The Hall–Kier alpha value is -4.44. The van der Waals surface area contributed by atoms with Gasteiger partial charge in [0, 0.05) is 37.0 Å². The second-order valence-electron chi connectivity index (χ2n) is 13.5. The van der Waals surface area contributed by atoms with E-state index in [1.807, 2.05) is 0 Å². The SMILES string of the molecule is CCC(=O)N[C@@H](C(=O)N1CCOCC1)[C@@H](C)c1ccc(NC(=O)[C@]2(C3CCCCCC3)CC2NC(=O)C(F)(F)c2cccc(C#N)c2)c(F)c1. The van der Waals surface area contributed by atoms with Crippen LogP contribution in [0.3, 0.4) is 0 Å². The molecule has 2 aromatic carbocycles. The molecule has 2 aromatic rings. The molecule has 0 aromatic heterocycles. The van der Waals surface area contributed by atoms with Crippen LogP contribution in [0.1, 0.15) is 87.8 Å². The van der Waals surface area contributed by atoms with Crippen molar-refractivity contribution in [2.45, 2.75) is 89.1 Å². The maximum absolute atomic E-state index is 15.7. The average molecular weight is 696 g/mol. The zero-order valence-corrected chi connectivity index (χ0v) is 28.4. The first-order chi connectivity index (χ1) is 23.9. The van der Waals surface area contributed by atoms with Gasteiger partial charge in [-0.15, -0.1) is 0 Å². The molecule has 2 saturated carbocycles. The fourth-order valence-electron chi connectivity index (χ4n) is 7.31. The van der Waals surface area contributed by atoms with E-state index in [-0.39, 0.29) is 41.8 Å². The number of carbonyl (C=O) groups excluding carboxylic acids is 4. The Morgan fingerprint density at radius 3 is 2.40 bits per heavy atom. The number of nitrogens with one attached hydrogen (secondary N) is 3. The number of carbonyl (C=O) groups is 4. The van der Waals surface area contributed by atoms with Crippen molar-refractivity contribution in [3.05, 3.63) is 65.0 Å². The first-order valence-electron chi connectivity index (χ1n) is 17.4. The summed E-state index contributed by atoms with van der Waals surface area (Å²) in [5.41, 5.74) is -1.53. The third-order valence-electron chi connectivity index (χ3n) is 10.4. The van der Waals surface area contributed by atoms with Crippen molar-refractivity contribution in [2.75, 3.05) is 31.6 Å². The summed E-state index contributed by atoms with van der Waals surface area (Å²) in [5.74, 6) is -8.27. The maximum Gasteiger partial charge on any atom is 0.349 e. The largest absolute Gasteiger partial charge is 0.378 e. The second-order valence-corrected chi connectivity index (χ2v) is 13.5. The Bertz CT molecular complexity index is 1630. The van der Waals surface area contributed by atoms with Crippen molar-refractivity contribution in [3.8, 4) is 6.07 Å². The molecule has 0 spiro atoms. The van der Waals surface area contributed by atoms with Gasteiger partial charge >= 0.3 is 5.92 Å². The minimum Gasteiger partial charge on any atom is -0.378 e. The van der Waals surface area contributed by atoms with Crippen molar-refractivity contribution >= 4 is 29.3 Å². The number of amides is 4. The maximum atomic E-state index is 15.7. The molecule has 50 heavy (non-hydrogen) atoms. The van der Waals surface area contributed by atoms with Crippen molar-refractivity contribution in [1.29, 1.82) is 5.26 Å². The highest BCUT2D eigenvalue weighted by Gasteiger charge is 2.65. The summed E-state index contributed by atoms with van der Waals surface area (Å²) in [6.07, 6.45) is 5.26. The number of anilines is 1. The standard InChI is InChI=1S/C37H44F3N5O5/c1-3-31(46)44-32(33(47)45-15-17-50-18-16-45)23(2)25-13-14-29(28(38)20-25)42-34(48)36(26-10-6-4-5-7-11-26)21-30(36)43-35(49)37(39,40)27-12-8-9-24(19-27)22-41/h8-9,12-14,19-20,23,26,30,32H,3-7,10-11,15-18,21H2,1-2H3,(H,42,48)(H,43,49)(H,44,46)/t23-,30?,32+,36-/m0/s1. The van der Waals surface area contributed by atoms with Crippen LogP contribution >= 0.6 is 0 Å². The van der Waals surface area contributed by atoms with Crippen LogP contribution in [0, 0.1) is 28.5 Å². The predicted molar refractivity (Wildman–Crippen MR) is 178 cm³/mol. The summed E-state index contributed by atoms with van der Waals surface area (Å²) in [5, 5.41) is 17.0. The minimum absolute atomic E-state index is 0.0130. The number of hydrogen-bond acceptors (Lipinski definition) is 6. The highest BCUT2D eigenvalue weighted by Crippen LogP contribution is 2.57. The van der Waals surface area contributed by atoms with Crippen molar-refractivity contribution in [3.63, 3.8) is 0 Å². The Labute approximate surface area is 290 Å². The van der Waals surface area contributed by atoms with Gasteiger partial charge in [0.1, 0.15) is 11.9 Å². The van der Waals surface area contributed by atoms with E-state index in [1.54, 1.807) is 30.9 Å². The van der Waals surface area contributed by atoms with Gasteiger partial charge in [0.2, 0.25) is 17.7 Å². The van der Waals surface area contributed by atoms with Gasteiger partial charge in [0.25, 0.3) is 5.91 Å². The predicted octanol–water partition coefficient (Wildman–Crippen LogP) is 5.13. The summed E-state index contributed by atoms with van der Waals surface area (Å²) in [6.45, 7) is 4.90. The number of ether oxygens (including phenoxy) is 1. The molecule has 5 rings (SSSR count). The molecule has 4 atom stereocenters. The number of benzene rings is 2. The van der Waals surface area contributed by atoms with Crippen molar-refractivity contribution < 1.29 is 37.1 Å². The Kier molecular flexibility index (Phi) is 11.5. The van der Waals surface area contributed by atoms with Crippen LogP contribution < -0.4 is 16.0 Å². The molecule has 3 fully saturated rings. The number of morpholine rings is 1. The summed E-state index contributed by atoms with van der Waals surface area (Å²) >= 11 is 0. The smallest absolute Gasteiger partial charge is 0.349 e. The highest BCUT2D eigenvalue weighted by atomic mass is 19.3. The van der Waals surface area contributed by atoms with Gasteiger partial charge in [0.15, 0.2) is 0 Å². The van der Waals surface area contributed by atoms with Crippen LogP contribution in [0.5, 0.6) is 0 Å². The summed E-state index contributed by atoms with van der Waals surface area (Å²) in [6, 6.07) is 8.83. The van der Waals surface area contributed by atoms with E-state index >= 15 is 13.2 Å². The van der Waals surface area contributed by atoms with E-state index in [2.05, 4.69) is 16.0 Å². The van der Waals surface area contributed by atoms with Gasteiger partial charge in [-0.05, 0) is 55.0 Å². The number of halogens is 3. The molecule has 0 radical (unpaired) electrons. The number of nitriles is 1. The third kappa shape index (κ3) is 7.80. The van der Waals surface area contributed by atoms with Crippen molar-refractivity contribution in [2.24, 2.45) is 11.3 Å². The zero-order chi connectivity index (χ0) is 36.1. The lowest BCUT2D eigenvalue weighted by Gasteiger charge is -2.33. The van der Waals surface area contributed by atoms with Gasteiger partial charge in [-0.1, -0.05) is 57.7 Å². The normalized spacial score (nSPS) is 22.3. The summed E-state index contributed by atoms with van der Waals surface area (Å²) in [7, 11) is 0. The Morgan fingerprint density at radius 1 is 1.06 bits per heavy atom. The molecule has 1 aliphatic heterocycles. The van der Waals surface area contributed by atoms with Crippen LogP contribution in [0.25, 0.3) is 0 Å². The van der Waals surface area contributed by atoms with E-state index in [1.165, 1.54) is 24.3 Å². The lowest BCUT2D eigenvalue weighted by atomic mass is 9.81. The minimum atomic E-state index is -3.95. The third-order valence-corrected chi connectivity index (χ3v) is 10.4. The van der Waals surface area contributed by atoms with Gasteiger partial charge < -0.3 is 25.6 Å². The molecule has 3 N–H and O–H groups in total. The van der Waals surface area contributed by atoms with Gasteiger partial charge in [-0.3, -0.25) is 19.2 Å². The number of nitrogens with zero attached hydrogens (tertiary/aromatic N) is 2. The van der Waals surface area contributed by atoms with E-state index in [0.717, 1.165) is 37.8 Å². The molecule has 268 valence electrons. The molecule has 4 amide bonds. The summed E-state index contributed by atoms with van der Waals surface area (Å²) in [4.78, 5) is 54.5. The van der Waals surface area contributed by atoms with Gasteiger partial charge in [0.05, 0.1) is 35.9 Å². The molecule has 1 saturated heterocycles. The molecular weight excluding hydrogens is 651 g/mol. The van der Waals surface area contributed by atoms with Crippen LogP contribution in [0.2, 0.25) is 0 Å². The first kappa shape index (κ1) is 36.8. The van der Waals surface area contributed by atoms with Crippen LogP contribution in [0.4, 0.5) is 18.9 Å². The summed E-state index contributed by atoms with van der Waals surface area (Å²) < 4.78 is 51.7. The lowest BCUT2D eigenvalue weighted by molar-refractivity contribution is -0.147. The number of rotatable bonds is 11. The topological polar surface area (TPSA) is 141 Å². The van der Waals surface area contributed by atoms with E-state index < -0.39 is 52.5 Å². The van der Waals surface area contributed by atoms with Crippen LogP contribution in [-0.2, 0) is 29.8 Å². The molecule has 1 unspecified atom stereocenters. The number of hydrogen-bond donors (Lipinski definition) is 3. The van der Waals surface area contributed by atoms with Gasteiger partial charge in [-0.2, -0.15) is 14.0 Å². The number of alkyl halides is 2. The Balaban J connectivity index is 1.34. The monoisotopic (exact) mass is 695 g/mol. The lowest BCUT2D eigenvalue weighted by Crippen LogP contribution is -2.53. The molecule has 2 aliphatic carbocycles. The molecule has 0 bridgehead atoms. The Morgan fingerprint density at radius 2 is 1.76 bits per heavy atom. The fourth-order valence-corrected chi connectivity index (χ4v) is 7.31. The molecular formula is C37H44F3N5O5. The quantitative estimate of drug-likeness (QED) is 0.279. The van der Waals surface area contributed by atoms with Crippen LogP contribution in [0.15, 0.2) is 42.5 Å². The van der Waals surface area contributed by atoms with E-state index in [9.17, 15) is 19.2 Å². The van der Waals surface area contributed by atoms with E-state index in [4.69, 9.17) is 10.00 Å². The second kappa shape index (κ2) is 15.6. The molecule has 1 heterocycles. The zero-order valence-electron chi connectivity index (χ0n) is 28.4. The molecule has 10 nitrogen and oxygen atoms in total. The molecule has 3 aliphatic rings. The van der Waals surface area contributed by atoms with Crippen molar-refractivity contribution in [1.82, 2.24) is 15.5 Å². The van der Waals surface area contributed by atoms with Crippen LogP contribution in [-0.4, -0.2) is 66.9 Å². The average Bonchev–Trinajstić information content (AvgIpc) is 3.91.